The first-order chi connectivity index (χ1) is 9.90. The van der Waals surface area contributed by atoms with Gasteiger partial charge in [0.15, 0.2) is 0 Å². The van der Waals surface area contributed by atoms with E-state index in [1.165, 1.54) is 0 Å². The minimum absolute atomic E-state index is 0.0776. The van der Waals surface area contributed by atoms with Crippen molar-refractivity contribution < 1.29 is 14.7 Å². The van der Waals surface area contributed by atoms with E-state index in [2.05, 4.69) is 4.90 Å². The van der Waals surface area contributed by atoms with Crippen LogP contribution in [0.4, 0.5) is 4.79 Å². The lowest BCUT2D eigenvalue weighted by Gasteiger charge is -2.35. The van der Waals surface area contributed by atoms with Gasteiger partial charge in [-0.3, -0.25) is 4.79 Å². The van der Waals surface area contributed by atoms with Gasteiger partial charge in [-0.05, 0) is 52.2 Å². The standard InChI is InChI=1S/C15H29N3O3/c1-16(2)9-5-10-17(3)15(21)18-11-4-6-13(12-18)7-8-14(19)20/h13H,4-12H2,1-3H3,(H,19,20). The fourth-order valence-electron chi connectivity index (χ4n) is 2.76. The molecule has 0 aromatic rings. The molecular formula is C15H29N3O3. The average molecular weight is 299 g/mol. The van der Waals surface area contributed by atoms with Gasteiger partial charge in [-0.1, -0.05) is 0 Å². The van der Waals surface area contributed by atoms with Crippen molar-refractivity contribution >= 4 is 12.0 Å². The Morgan fingerprint density at radius 1 is 1.24 bits per heavy atom. The number of urea groups is 1. The van der Waals surface area contributed by atoms with Crippen LogP contribution in [0.1, 0.15) is 32.1 Å². The molecule has 2 amide bonds. The third kappa shape index (κ3) is 6.80. The van der Waals surface area contributed by atoms with E-state index in [9.17, 15) is 9.59 Å². The molecule has 1 heterocycles. The highest BCUT2D eigenvalue weighted by Crippen LogP contribution is 2.21. The molecule has 0 aliphatic carbocycles. The minimum Gasteiger partial charge on any atom is -0.481 e. The van der Waals surface area contributed by atoms with Crippen molar-refractivity contribution in [3.05, 3.63) is 0 Å². The molecule has 21 heavy (non-hydrogen) atoms. The number of hydrogen-bond acceptors (Lipinski definition) is 3. The highest BCUT2D eigenvalue weighted by atomic mass is 16.4. The Labute approximate surface area is 127 Å². The van der Waals surface area contributed by atoms with Crippen molar-refractivity contribution in [3.8, 4) is 0 Å². The summed E-state index contributed by atoms with van der Waals surface area (Å²) in [5, 5.41) is 8.76. The van der Waals surface area contributed by atoms with Gasteiger partial charge in [0.05, 0.1) is 0 Å². The molecule has 122 valence electrons. The van der Waals surface area contributed by atoms with Crippen molar-refractivity contribution in [3.63, 3.8) is 0 Å². The van der Waals surface area contributed by atoms with Crippen molar-refractivity contribution in [2.45, 2.75) is 32.1 Å². The van der Waals surface area contributed by atoms with E-state index in [1.807, 2.05) is 26.0 Å². The molecule has 1 unspecified atom stereocenters. The normalized spacial score (nSPS) is 18.9. The summed E-state index contributed by atoms with van der Waals surface area (Å²) in [7, 11) is 5.90. The van der Waals surface area contributed by atoms with Crippen LogP contribution in [0.3, 0.4) is 0 Å². The van der Waals surface area contributed by atoms with Gasteiger partial charge in [0.1, 0.15) is 0 Å². The molecule has 6 heteroatoms. The number of carbonyl (C=O) groups excluding carboxylic acids is 1. The van der Waals surface area contributed by atoms with Crippen LogP contribution in [0.15, 0.2) is 0 Å². The van der Waals surface area contributed by atoms with Gasteiger partial charge in [0, 0.05) is 33.1 Å². The number of likely N-dealkylation sites (tertiary alicyclic amines) is 1. The molecule has 1 aliphatic heterocycles. The third-order valence-electron chi connectivity index (χ3n) is 3.98. The molecule has 6 nitrogen and oxygen atoms in total. The Kier molecular flexibility index (Phi) is 7.50. The number of rotatable bonds is 7. The molecule has 0 spiro atoms. The maximum absolute atomic E-state index is 12.4. The van der Waals surface area contributed by atoms with Crippen LogP contribution < -0.4 is 0 Å². The molecule has 0 aromatic heterocycles. The second-order valence-corrected chi connectivity index (χ2v) is 6.25. The number of carbonyl (C=O) groups is 2. The molecule has 0 saturated carbocycles. The van der Waals surface area contributed by atoms with Crippen LogP contribution in [0.25, 0.3) is 0 Å². The molecule has 1 atom stereocenters. The molecule has 1 aliphatic rings. The van der Waals surface area contributed by atoms with E-state index in [1.54, 1.807) is 4.90 Å². The number of nitrogens with zero attached hydrogens (tertiary/aromatic N) is 3. The monoisotopic (exact) mass is 299 g/mol. The summed E-state index contributed by atoms with van der Waals surface area (Å²) in [6.07, 6.45) is 3.84. The summed E-state index contributed by atoms with van der Waals surface area (Å²) in [6, 6.07) is 0.0776. The van der Waals surface area contributed by atoms with Crippen molar-refractivity contribution in [1.29, 1.82) is 0 Å². The molecular weight excluding hydrogens is 270 g/mol. The predicted octanol–water partition coefficient (Wildman–Crippen LogP) is 1.57. The van der Waals surface area contributed by atoms with Crippen molar-refractivity contribution in [2.75, 3.05) is 47.3 Å². The molecule has 1 rings (SSSR count). The molecule has 1 saturated heterocycles. The first-order valence-corrected chi connectivity index (χ1v) is 7.76. The van der Waals surface area contributed by atoms with E-state index in [0.717, 1.165) is 38.9 Å². The van der Waals surface area contributed by atoms with Crippen molar-refractivity contribution in [1.82, 2.24) is 14.7 Å². The average Bonchev–Trinajstić information content (AvgIpc) is 2.44. The zero-order chi connectivity index (χ0) is 15.8. The third-order valence-corrected chi connectivity index (χ3v) is 3.98. The Hall–Kier alpha value is -1.30. The topological polar surface area (TPSA) is 64.1 Å². The summed E-state index contributed by atoms with van der Waals surface area (Å²) >= 11 is 0. The molecule has 0 radical (unpaired) electrons. The van der Waals surface area contributed by atoms with Crippen LogP contribution in [-0.4, -0.2) is 79.1 Å². The summed E-state index contributed by atoms with van der Waals surface area (Å²) in [5.74, 6) is -0.423. The van der Waals surface area contributed by atoms with Gasteiger partial charge >= 0.3 is 12.0 Å². The number of amides is 2. The summed E-state index contributed by atoms with van der Waals surface area (Å²) in [5.41, 5.74) is 0. The number of aliphatic carboxylic acids is 1. The smallest absolute Gasteiger partial charge is 0.319 e. The van der Waals surface area contributed by atoms with Gasteiger partial charge in [-0.2, -0.15) is 0 Å². The molecule has 1 N–H and O–H groups in total. The predicted molar refractivity (Wildman–Crippen MR) is 82.4 cm³/mol. The fraction of sp³-hybridized carbons (Fsp3) is 0.867. The maximum atomic E-state index is 12.4. The van der Waals surface area contributed by atoms with Crippen molar-refractivity contribution in [2.24, 2.45) is 5.92 Å². The highest BCUT2D eigenvalue weighted by Gasteiger charge is 2.25. The Morgan fingerprint density at radius 3 is 2.57 bits per heavy atom. The number of hydrogen-bond donors (Lipinski definition) is 1. The Bertz CT molecular complexity index is 347. The summed E-state index contributed by atoms with van der Waals surface area (Å²) < 4.78 is 0. The minimum atomic E-state index is -0.751. The van der Waals surface area contributed by atoms with Crippen LogP contribution in [0.2, 0.25) is 0 Å². The SMILES string of the molecule is CN(C)CCCN(C)C(=O)N1CCCC(CCC(=O)O)C1. The van der Waals surface area contributed by atoms with Crippen LogP contribution in [0, 0.1) is 5.92 Å². The molecule has 0 bridgehead atoms. The van der Waals surface area contributed by atoms with Crippen LogP contribution in [0.5, 0.6) is 0 Å². The van der Waals surface area contributed by atoms with Crippen LogP contribution >= 0.6 is 0 Å². The molecule has 1 fully saturated rings. The largest absolute Gasteiger partial charge is 0.481 e. The zero-order valence-corrected chi connectivity index (χ0v) is 13.5. The summed E-state index contributed by atoms with van der Waals surface area (Å²) in [4.78, 5) is 28.8. The number of piperidine rings is 1. The highest BCUT2D eigenvalue weighted by molar-refractivity contribution is 5.74. The van der Waals surface area contributed by atoms with Gasteiger partial charge in [0.2, 0.25) is 0 Å². The Morgan fingerprint density at radius 2 is 1.95 bits per heavy atom. The van der Waals surface area contributed by atoms with Gasteiger partial charge in [-0.25, -0.2) is 4.79 Å². The lowest BCUT2D eigenvalue weighted by atomic mass is 9.93. The van der Waals surface area contributed by atoms with Crippen LogP contribution in [-0.2, 0) is 4.79 Å². The van der Waals surface area contributed by atoms with E-state index in [0.29, 0.717) is 18.9 Å². The summed E-state index contributed by atoms with van der Waals surface area (Å²) in [6.45, 7) is 3.22. The lowest BCUT2D eigenvalue weighted by molar-refractivity contribution is -0.137. The quantitative estimate of drug-likeness (QED) is 0.775. The van der Waals surface area contributed by atoms with Gasteiger partial charge < -0.3 is 19.8 Å². The molecule has 0 aromatic carbocycles. The number of carboxylic acids is 1. The fourth-order valence-corrected chi connectivity index (χ4v) is 2.76. The lowest BCUT2D eigenvalue weighted by Crippen LogP contribution is -2.46. The van der Waals surface area contributed by atoms with E-state index < -0.39 is 5.97 Å². The second-order valence-electron chi connectivity index (χ2n) is 6.25. The Balaban J connectivity index is 2.36. The zero-order valence-electron chi connectivity index (χ0n) is 13.5. The maximum Gasteiger partial charge on any atom is 0.319 e. The van der Waals surface area contributed by atoms with E-state index >= 15 is 0 Å². The number of carboxylic acid groups (broad SMARTS) is 1. The first kappa shape index (κ1) is 17.8. The van der Waals surface area contributed by atoms with E-state index in [-0.39, 0.29) is 12.5 Å². The van der Waals surface area contributed by atoms with E-state index in [4.69, 9.17) is 5.11 Å². The second kappa shape index (κ2) is 8.87. The first-order valence-electron chi connectivity index (χ1n) is 7.76. The van der Waals surface area contributed by atoms with Gasteiger partial charge in [-0.15, -0.1) is 0 Å². The van der Waals surface area contributed by atoms with Gasteiger partial charge in [0.25, 0.3) is 0 Å².